The Bertz CT molecular complexity index is 1380. The van der Waals surface area contributed by atoms with Crippen LogP contribution in [0.15, 0.2) is 46.5 Å². The fraction of sp³-hybridized carbons (Fsp3) is 0.462. The van der Waals surface area contributed by atoms with Gasteiger partial charge in [-0.25, -0.2) is 18.2 Å². The van der Waals surface area contributed by atoms with Gasteiger partial charge in [-0.2, -0.15) is 4.31 Å². The maximum Gasteiger partial charge on any atom is 0.328 e. The maximum absolute atomic E-state index is 12.7. The van der Waals surface area contributed by atoms with Crippen LogP contribution >= 0.6 is 0 Å². The number of anilines is 1. The minimum Gasteiger partial charge on any atom is -0.480 e. The van der Waals surface area contributed by atoms with Gasteiger partial charge in [-0.05, 0) is 67.1 Å². The Morgan fingerprint density at radius 3 is 2.73 bits per heavy atom. The molecule has 4 N–H and O–H groups in total. The van der Waals surface area contributed by atoms with Crippen molar-refractivity contribution >= 4 is 39.3 Å². The van der Waals surface area contributed by atoms with E-state index in [0.29, 0.717) is 6.42 Å². The first kappa shape index (κ1) is 29.1. The summed E-state index contributed by atoms with van der Waals surface area (Å²) in [7, 11) is -3.93. The second kappa shape index (κ2) is 13.0. The summed E-state index contributed by atoms with van der Waals surface area (Å²) in [4.78, 5) is 51.7. The van der Waals surface area contributed by atoms with Gasteiger partial charge >= 0.3 is 5.97 Å². The van der Waals surface area contributed by atoms with Gasteiger partial charge in [0.05, 0.1) is 10.8 Å². The minimum atomic E-state index is -3.93. The fourth-order valence-corrected chi connectivity index (χ4v) is 6.11. The average Bonchev–Trinajstić information content (AvgIpc) is 2.92. The number of fused-ring (bicyclic) bond motifs is 1. The van der Waals surface area contributed by atoms with Crippen LogP contribution in [0.5, 0.6) is 0 Å². The van der Waals surface area contributed by atoms with Gasteiger partial charge in [-0.15, -0.1) is 4.91 Å². The smallest absolute Gasteiger partial charge is 0.328 e. The number of hydrogen-bond acceptors (Lipinski definition) is 9. The van der Waals surface area contributed by atoms with Crippen LogP contribution in [-0.2, 0) is 37.2 Å². The first-order chi connectivity index (χ1) is 19.2. The normalized spacial score (nSPS) is 16.1. The van der Waals surface area contributed by atoms with E-state index >= 15 is 0 Å². The molecule has 0 radical (unpaired) electrons. The van der Waals surface area contributed by atoms with Crippen molar-refractivity contribution < 1.29 is 27.9 Å². The van der Waals surface area contributed by atoms with Crippen LogP contribution in [0.2, 0.25) is 0 Å². The topological polar surface area (TPSA) is 187 Å². The number of sulfonamides is 1. The third-order valence-electron chi connectivity index (χ3n) is 6.94. The lowest BCUT2D eigenvalue weighted by molar-refractivity contribution is -0.143. The summed E-state index contributed by atoms with van der Waals surface area (Å²) < 4.78 is 26.5. The van der Waals surface area contributed by atoms with Crippen molar-refractivity contribution in [3.8, 4) is 0 Å². The van der Waals surface area contributed by atoms with Crippen LogP contribution in [0.3, 0.4) is 0 Å². The number of aromatic nitrogens is 1. The summed E-state index contributed by atoms with van der Waals surface area (Å²) >= 11 is 0. The van der Waals surface area contributed by atoms with E-state index in [4.69, 9.17) is 0 Å². The monoisotopic (exact) mass is 572 g/mol. The van der Waals surface area contributed by atoms with Gasteiger partial charge in [0.1, 0.15) is 17.5 Å². The molecule has 0 saturated carbocycles. The molecule has 0 bridgehead atoms. The molecule has 0 spiro atoms. The molecule has 4 rings (SSSR count). The molecule has 1 aromatic heterocycles. The molecule has 2 aliphatic rings. The van der Waals surface area contributed by atoms with E-state index in [1.807, 2.05) is 6.07 Å². The number of hydrogen-bond donors (Lipinski definition) is 4. The molecular weight excluding hydrogens is 540 g/mol. The number of rotatable bonds is 13. The van der Waals surface area contributed by atoms with Gasteiger partial charge in [-0.1, -0.05) is 12.1 Å². The first-order valence-electron chi connectivity index (χ1n) is 13.1. The molecule has 1 atom stereocenters. The molecule has 2 aromatic rings. The zero-order chi connectivity index (χ0) is 28.7. The highest BCUT2D eigenvalue weighted by atomic mass is 32.2. The standard InChI is InChI=1S/C26H32N6O7S/c33-23(9-2-1-6-19-11-10-17-5-4-12-27-24(17)29-19)28-14-22(26(35)36)30-25(34)18-15-32(16-18)40(38,39)21-8-3-7-20(13-21)31-37/h3,7-8,10-11,13,18,22H,1-2,4-6,9,12,14-16H2,(H,27,29)(H,28,33)(H,30,34)(H,35,36). The van der Waals surface area contributed by atoms with Crippen molar-refractivity contribution in [2.75, 3.05) is 31.5 Å². The van der Waals surface area contributed by atoms with Gasteiger partial charge in [0, 0.05) is 38.3 Å². The van der Waals surface area contributed by atoms with E-state index in [0.717, 1.165) is 54.1 Å². The Kier molecular flexibility index (Phi) is 9.42. The Balaban J connectivity index is 1.17. The minimum absolute atomic E-state index is 0.0359. The zero-order valence-electron chi connectivity index (χ0n) is 21.8. The lowest BCUT2D eigenvalue weighted by Gasteiger charge is -2.37. The third-order valence-corrected chi connectivity index (χ3v) is 8.76. The molecule has 3 heterocycles. The SMILES string of the molecule is O=Nc1cccc(S(=O)(=O)N2CC(C(=O)NC(CNC(=O)CCCCc3ccc4c(n3)NCCC4)C(=O)O)C2)c1. The van der Waals surface area contributed by atoms with E-state index < -0.39 is 33.9 Å². The number of pyridine rings is 1. The first-order valence-corrected chi connectivity index (χ1v) is 14.6. The number of benzene rings is 1. The van der Waals surface area contributed by atoms with Gasteiger partial charge in [0.25, 0.3) is 0 Å². The predicted molar refractivity (Wildman–Crippen MR) is 145 cm³/mol. The molecule has 214 valence electrons. The van der Waals surface area contributed by atoms with Crippen LogP contribution in [0, 0.1) is 10.8 Å². The third kappa shape index (κ3) is 7.18. The highest BCUT2D eigenvalue weighted by Gasteiger charge is 2.41. The molecule has 2 amide bonds. The number of aryl methyl sites for hydroxylation is 2. The Labute approximate surface area is 231 Å². The molecule has 1 unspecified atom stereocenters. The van der Waals surface area contributed by atoms with E-state index in [1.54, 1.807) is 0 Å². The van der Waals surface area contributed by atoms with Crippen molar-refractivity contribution in [2.24, 2.45) is 11.1 Å². The van der Waals surface area contributed by atoms with Gasteiger partial charge in [-0.3, -0.25) is 9.59 Å². The Morgan fingerprint density at radius 1 is 1.18 bits per heavy atom. The highest BCUT2D eigenvalue weighted by Crippen LogP contribution is 2.27. The average molecular weight is 573 g/mol. The second-order valence-corrected chi connectivity index (χ2v) is 11.8. The number of carboxylic acids is 1. The summed E-state index contributed by atoms with van der Waals surface area (Å²) in [6, 6.07) is 7.96. The number of nitrogens with one attached hydrogen (secondary N) is 3. The molecule has 2 aliphatic heterocycles. The zero-order valence-corrected chi connectivity index (χ0v) is 22.7. The lowest BCUT2D eigenvalue weighted by Crippen LogP contribution is -2.58. The van der Waals surface area contributed by atoms with Gasteiger partial charge in [0.15, 0.2) is 0 Å². The van der Waals surface area contributed by atoms with Crippen LogP contribution in [0.4, 0.5) is 11.5 Å². The fourth-order valence-electron chi connectivity index (χ4n) is 4.54. The molecule has 13 nitrogen and oxygen atoms in total. The number of aliphatic carboxylic acids is 1. The van der Waals surface area contributed by atoms with E-state index in [-0.39, 0.29) is 42.5 Å². The molecule has 1 aromatic carbocycles. The predicted octanol–water partition coefficient (Wildman–Crippen LogP) is 1.56. The van der Waals surface area contributed by atoms with Crippen LogP contribution < -0.4 is 16.0 Å². The Hall–Kier alpha value is -3.91. The summed E-state index contributed by atoms with van der Waals surface area (Å²) in [5.74, 6) is -2.08. The highest BCUT2D eigenvalue weighted by molar-refractivity contribution is 7.89. The van der Waals surface area contributed by atoms with Crippen LogP contribution in [-0.4, -0.2) is 72.8 Å². The van der Waals surface area contributed by atoms with Crippen molar-refractivity contribution in [2.45, 2.75) is 49.5 Å². The molecule has 1 fully saturated rings. The quantitative estimate of drug-likeness (QED) is 0.204. The summed E-state index contributed by atoms with van der Waals surface area (Å²) in [6.07, 6.45) is 4.39. The van der Waals surface area contributed by atoms with Crippen molar-refractivity contribution in [3.05, 3.63) is 52.6 Å². The lowest BCUT2D eigenvalue weighted by atomic mass is 10.0. The van der Waals surface area contributed by atoms with Crippen LogP contribution in [0.25, 0.3) is 0 Å². The number of carbonyl (C=O) groups is 3. The van der Waals surface area contributed by atoms with E-state index in [9.17, 15) is 32.8 Å². The van der Waals surface area contributed by atoms with Gasteiger partial charge in [0.2, 0.25) is 21.8 Å². The molecule has 0 aliphatic carbocycles. The molecule has 40 heavy (non-hydrogen) atoms. The number of carboxylic acid groups (broad SMARTS) is 1. The number of carbonyl (C=O) groups excluding carboxylic acids is 2. The second-order valence-electron chi connectivity index (χ2n) is 9.86. The summed E-state index contributed by atoms with van der Waals surface area (Å²) in [6.45, 7) is 0.346. The summed E-state index contributed by atoms with van der Waals surface area (Å²) in [5.41, 5.74) is 2.13. The largest absolute Gasteiger partial charge is 0.480 e. The number of nitrogens with zero attached hydrogens (tertiary/aromatic N) is 3. The van der Waals surface area contributed by atoms with Crippen molar-refractivity contribution in [3.63, 3.8) is 0 Å². The van der Waals surface area contributed by atoms with Gasteiger partial charge < -0.3 is 21.1 Å². The van der Waals surface area contributed by atoms with Crippen molar-refractivity contribution in [1.29, 1.82) is 0 Å². The van der Waals surface area contributed by atoms with E-state index in [1.165, 1.54) is 23.8 Å². The number of amides is 2. The molecule has 1 saturated heterocycles. The number of unbranched alkanes of at least 4 members (excludes halogenated alkanes) is 1. The van der Waals surface area contributed by atoms with Crippen molar-refractivity contribution in [1.82, 2.24) is 19.9 Å². The summed E-state index contributed by atoms with van der Waals surface area (Å²) in [5, 5.41) is 20.4. The maximum atomic E-state index is 12.7. The van der Waals surface area contributed by atoms with E-state index in [2.05, 4.69) is 32.2 Å². The molecule has 14 heteroatoms. The van der Waals surface area contributed by atoms with Crippen LogP contribution in [0.1, 0.15) is 36.9 Å². The number of nitroso groups, excluding NO2 is 1. The molecular formula is C26H32N6O7S. The Morgan fingerprint density at radius 2 is 1.98 bits per heavy atom.